The molecule has 0 aromatic heterocycles. The first-order valence-corrected chi connectivity index (χ1v) is 6.19. The van der Waals surface area contributed by atoms with E-state index in [0.29, 0.717) is 19.3 Å². The van der Waals surface area contributed by atoms with Crippen LogP contribution in [0.15, 0.2) is 0 Å². The highest BCUT2D eigenvalue weighted by Crippen LogP contribution is 2.23. The van der Waals surface area contributed by atoms with Gasteiger partial charge in [0.2, 0.25) is 0 Å². The van der Waals surface area contributed by atoms with Gasteiger partial charge in [-0.05, 0) is 18.8 Å². The largest absolute Gasteiger partial charge is 0.393 e. The van der Waals surface area contributed by atoms with E-state index in [4.69, 9.17) is 6.42 Å². The minimum Gasteiger partial charge on any atom is -0.393 e. The van der Waals surface area contributed by atoms with Gasteiger partial charge in [-0.1, -0.05) is 0 Å². The minimum atomic E-state index is -2.88. The average molecular weight is 202 g/mol. The summed E-state index contributed by atoms with van der Waals surface area (Å²) in [6.07, 6.45) is 6.10. The van der Waals surface area contributed by atoms with Crippen LogP contribution in [0.4, 0.5) is 0 Å². The molecule has 0 amide bonds. The summed E-state index contributed by atoms with van der Waals surface area (Å²) in [5.74, 6) is 2.67. The summed E-state index contributed by atoms with van der Waals surface area (Å²) in [6, 6.07) is 0. The minimum absolute atomic E-state index is 0.0988. The van der Waals surface area contributed by atoms with Crippen molar-refractivity contribution < 1.29 is 13.5 Å². The molecule has 0 aromatic rings. The molecule has 1 saturated heterocycles. The summed E-state index contributed by atoms with van der Waals surface area (Å²) in [6.45, 7) is 0. The van der Waals surface area contributed by atoms with E-state index in [-0.39, 0.29) is 17.4 Å². The first-order chi connectivity index (χ1) is 6.05. The maximum atomic E-state index is 11.1. The van der Waals surface area contributed by atoms with Gasteiger partial charge in [-0.25, -0.2) is 8.42 Å². The summed E-state index contributed by atoms with van der Waals surface area (Å²) in [5.41, 5.74) is 0. The summed E-state index contributed by atoms with van der Waals surface area (Å²) < 4.78 is 22.1. The molecule has 1 aliphatic heterocycles. The Bertz CT molecular complexity index is 299. The van der Waals surface area contributed by atoms with Crippen LogP contribution in [-0.2, 0) is 9.84 Å². The van der Waals surface area contributed by atoms with Gasteiger partial charge in [-0.2, -0.15) is 0 Å². The molecule has 0 saturated carbocycles. The summed E-state index contributed by atoms with van der Waals surface area (Å²) in [4.78, 5) is 0. The third-order valence-corrected chi connectivity index (χ3v) is 4.19. The van der Waals surface area contributed by atoms with Crippen LogP contribution in [0, 0.1) is 18.3 Å². The van der Waals surface area contributed by atoms with Gasteiger partial charge in [0.25, 0.3) is 0 Å². The van der Waals surface area contributed by atoms with E-state index < -0.39 is 15.9 Å². The zero-order valence-electron chi connectivity index (χ0n) is 7.44. The number of aliphatic hydroxyl groups excluding tert-OH is 1. The molecule has 74 valence electrons. The number of aliphatic hydroxyl groups is 1. The Hall–Kier alpha value is -0.530. The third-order valence-electron chi connectivity index (χ3n) is 2.40. The van der Waals surface area contributed by atoms with Crippen molar-refractivity contribution >= 4 is 9.84 Å². The number of hydrogen-bond acceptors (Lipinski definition) is 3. The SMILES string of the molecule is C#CCCC(O)C1CCS(=O)(=O)C1. The summed E-state index contributed by atoms with van der Waals surface area (Å²) in [5, 5.41) is 9.55. The van der Waals surface area contributed by atoms with Gasteiger partial charge >= 0.3 is 0 Å². The van der Waals surface area contributed by atoms with Crippen LogP contribution in [0.3, 0.4) is 0 Å². The lowest BCUT2D eigenvalue weighted by Crippen LogP contribution is -2.21. The van der Waals surface area contributed by atoms with Gasteiger partial charge in [0.1, 0.15) is 0 Å². The molecular formula is C9H14O3S. The molecule has 2 atom stereocenters. The van der Waals surface area contributed by atoms with Crippen LogP contribution < -0.4 is 0 Å². The van der Waals surface area contributed by atoms with Crippen LogP contribution in [0.25, 0.3) is 0 Å². The van der Waals surface area contributed by atoms with Crippen molar-refractivity contribution in [3.63, 3.8) is 0 Å². The Kier molecular flexibility index (Phi) is 3.34. The maximum absolute atomic E-state index is 11.1. The van der Waals surface area contributed by atoms with Gasteiger partial charge in [-0.3, -0.25) is 0 Å². The Morgan fingerprint density at radius 2 is 2.31 bits per heavy atom. The van der Waals surface area contributed by atoms with Crippen LogP contribution in [0.1, 0.15) is 19.3 Å². The molecule has 1 aliphatic rings. The van der Waals surface area contributed by atoms with Crippen molar-refractivity contribution in [3.8, 4) is 12.3 Å². The van der Waals surface area contributed by atoms with Crippen LogP contribution >= 0.6 is 0 Å². The lowest BCUT2D eigenvalue weighted by molar-refractivity contribution is 0.112. The second-order valence-corrected chi connectivity index (χ2v) is 5.70. The number of sulfone groups is 1. The highest BCUT2D eigenvalue weighted by atomic mass is 32.2. The van der Waals surface area contributed by atoms with Crippen LogP contribution in [0.5, 0.6) is 0 Å². The monoisotopic (exact) mass is 202 g/mol. The molecule has 1 heterocycles. The number of rotatable bonds is 3. The Labute approximate surface area is 79.1 Å². The fraction of sp³-hybridized carbons (Fsp3) is 0.778. The molecule has 1 rings (SSSR count). The molecule has 1 fully saturated rings. The Balaban J connectivity index is 2.43. The predicted molar refractivity (Wildman–Crippen MR) is 50.8 cm³/mol. The van der Waals surface area contributed by atoms with Gasteiger partial charge in [0.05, 0.1) is 17.6 Å². The number of hydrogen-bond donors (Lipinski definition) is 1. The summed E-state index contributed by atoms with van der Waals surface area (Å²) >= 11 is 0. The van der Waals surface area contributed by atoms with Crippen molar-refractivity contribution in [3.05, 3.63) is 0 Å². The smallest absolute Gasteiger partial charge is 0.150 e. The molecule has 4 heteroatoms. The van der Waals surface area contributed by atoms with E-state index in [2.05, 4.69) is 5.92 Å². The van der Waals surface area contributed by atoms with Gasteiger partial charge in [0.15, 0.2) is 9.84 Å². The second-order valence-electron chi connectivity index (χ2n) is 3.47. The van der Waals surface area contributed by atoms with Gasteiger partial charge in [-0.15, -0.1) is 12.3 Å². The fourth-order valence-corrected chi connectivity index (χ4v) is 3.46. The van der Waals surface area contributed by atoms with Crippen molar-refractivity contribution in [2.45, 2.75) is 25.4 Å². The fourth-order valence-electron chi connectivity index (χ4n) is 1.59. The van der Waals surface area contributed by atoms with E-state index in [1.54, 1.807) is 0 Å². The maximum Gasteiger partial charge on any atom is 0.150 e. The third kappa shape index (κ3) is 3.02. The Morgan fingerprint density at radius 1 is 1.62 bits per heavy atom. The normalized spacial score (nSPS) is 28.2. The molecular weight excluding hydrogens is 188 g/mol. The molecule has 0 radical (unpaired) electrons. The van der Waals surface area contributed by atoms with E-state index >= 15 is 0 Å². The lowest BCUT2D eigenvalue weighted by Gasteiger charge is -2.14. The molecule has 0 spiro atoms. The van der Waals surface area contributed by atoms with Crippen molar-refractivity contribution in [2.24, 2.45) is 5.92 Å². The molecule has 0 bridgehead atoms. The molecule has 2 unspecified atom stereocenters. The van der Waals surface area contributed by atoms with Crippen molar-refractivity contribution in [1.82, 2.24) is 0 Å². The highest BCUT2D eigenvalue weighted by molar-refractivity contribution is 7.91. The van der Waals surface area contributed by atoms with E-state index in [9.17, 15) is 13.5 Å². The zero-order valence-corrected chi connectivity index (χ0v) is 8.26. The summed E-state index contributed by atoms with van der Waals surface area (Å²) in [7, 11) is -2.88. The molecule has 1 N–H and O–H groups in total. The number of terminal acetylenes is 1. The average Bonchev–Trinajstić information content (AvgIpc) is 2.42. The Morgan fingerprint density at radius 3 is 2.77 bits per heavy atom. The van der Waals surface area contributed by atoms with Gasteiger partial charge < -0.3 is 5.11 Å². The molecule has 3 nitrogen and oxygen atoms in total. The lowest BCUT2D eigenvalue weighted by atomic mass is 9.98. The molecule has 0 aromatic carbocycles. The predicted octanol–water partition coefficient (Wildman–Crippen LogP) is 0.195. The second kappa shape index (κ2) is 4.12. The van der Waals surface area contributed by atoms with E-state index in [0.717, 1.165) is 0 Å². The topological polar surface area (TPSA) is 54.4 Å². The van der Waals surface area contributed by atoms with E-state index in [1.807, 2.05) is 0 Å². The molecule has 0 aliphatic carbocycles. The first kappa shape index (κ1) is 10.6. The van der Waals surface area contributed by atoms with Crippen molar-refractivity contribution in [1.29, 1.82) is 0 Å². The van der Waals surface area contributed by atoms with Crippen LogP contribution in [0.2, 0.25) is 0 Å². The molecule has 13 heavy (non-hydrogen) atoms. The van der Waals surface area contributed by atoms with Crippen LogP contribution in [-0.4, -0.2) is 31.1 Å². The highest BCUT2D eigenvalue weighted by Gasteiger charge is 2.32. The standard InChI is InChI=1S/C9H14O3S/c1-2-3-4-9(10)8-5-6-13(11,12)7-8/h1,8-10H,3-7H2. The van der Waals surface area contributed by atoms with E-state index in [1.165, 1.54) is 0 Å². The van der Waals surface area contributed by atoms with Gasteiger partial charge in [0, 0.05) is 6.42 Å². The zero-order chi connectivity index (χ0) is 9.90. The quantitative estimate of drug-likeness (QED) is 0.665. The first-order valence-electron chi connectivity index (χ1n) is 4.37. The van der Waals surface area contributed by atoms with Crippen molar-refractivity contribution in [2.75, 3.05) is 11.5 Å².